The van der Waals surface area contributed by atoms with E-state index in [1.807, 2.05) is 61.5 Å². The van der Waals surface area contributed by atoms with E-state index in [9.17, 15) is 9.59 Å². The summed E-state index contributed by atoms with van der Waals surface area (Å²) >= 11 is 0. The summed E-state index contributed by atoms with van der Waals surface area (Å²) in [4.78, 5) is 24.6. The standard InChI is InChI=1S/C25H20O4/c1-17-7-9-18(10-8-17)11-14-25(27)28-20-12-13-21-22(26)16-23(29-24(21)15-20)19-5-3-2-4-6-19/h2-15,23H,16H2,1H3/b14-11+. The Hall–Kier alpha value is -3.66. The summed E-state index contributed by atoms with van der Waals surface area (Å²) in [5, 5.41) is 0. The van der Waals surface area contributed by atoms with Crippen molar-refractivity contribution >= 4 is 17.8 Å². The minimum absolute atomic E-state index is 0.0113. The molecule has 1 heterocycles. The fraction of sp³-hybridized carbons (Fsp3) is 0.120. The molecule has 0 spiro atoms. The van der Waals surface area contributed by atoms with E-state index in [2.05, 4.69) is 0 Å². The molecule has 0 N–H and O–H groups in total. The van der Waals surface area contributed by atoms with Crippen LogP contribution >= 0.6 is 0 Å². The lowest BCUT2D eigenvalue weighted by Crippen LogP contribution is -2.20. The van der Waals surface area contributed by atoms with E-state index < -0.39 is 5.97 Å². The monoisotopic (exact) mass is 384 g/mol. The maximum atomic E-state index is 12.5. The molecule has 0 aliphatic carbocycles. The van der Waals surface area contributed by atoms with E-state index >= 15 is 0 Å². The van der Waals surface area contributed by atoms with Gasteiger partial charge < -0.3 is 9.47 Å². The van der Waals surface area contributed by atoms with Crippen LogP contribution in [0.1, 0.15) is 39.6 Å². The Kier molecular flexibility index (Phi) is 5.25. The van der Waals surface area contributed by atoms with Gasteiger partial charge in [0, 0.05) is 12.1 Å². The number of ether oxygens (including phenoxy) is 2. The highest BCUT2D eigenvalue weighted by Gasteiger charge is 2.28. The largest absolute Gasteiger partial charge is 0.484 e. The molecule has 4 heteroatoms. The van der Waals surface area contributed by atoms with Crippen LogP contribution in [0.15, 0.2) is 78.9 Å². The number of hydrogen-bond donors (Lipinski definition) is 0. The Morgan fingerprint density at radius 1 is 1.03 bits per heavy atom. The summed E-state index contributed by atoms with van der Waals surface area (Å²) in [5.41, 5.74) is 3.52. The van der Waals surface area contributed by atoms with Crippen LogP contribution in [0.5, 0.6) is 11.5 Å². The second kappa shape index (κ2) is 8.15. The van der Waals surface area contributed by atoms with Crippen molar-refractivity contribution in [2.45, 2.75) is 19.4 Å². The van der Waals surface area contributed by atoms with E-state index in [4.69, 9.17) is 9.47 Å². The first-order valence-corrected chi connectivity index (χ1v) is 9.44. The van der Waals surface area contributed by atoms with E-state index in [1.54, 1.807) is 24.3 Å². The van der Waals surface area contributed by atoms with Crippen molar-refractivity contribution in [3.63, 3.8) is 0 Å². The number of carbonyl (C=O) groups is 2. The fourth-order valence-corrected chi connectivity index (χ4v) is 3.21. The summed E-state index contributed by atoms with van der Waals surface area (Å²) < 4.78 is 11.4. The summed E-state index contributed by atoms with van der Waals surface area (Å²) in [5.74, 6) is 0.288. The lowest BCUT2D eigenvalue weighted by molar-refractivity contribution is -0.128. The highest BCUT2D eigenvalue weighted by molar-refractivity contribution is 6.00. The van der Waals surface area contributed by atoms with E-state index in [-0.39, 0.29) is 18.3 Å². The average Bonchev–Trinajstić information content (AvgIpc) is 2.74. The van der Waals surface area contributed by atoms with Gasteiger partial charge >= 0.3 is 5.97 Å². The number of carbonyl (C=O) groups excluding carboxylic acids is 2. The molecule has 4 rings (SSSR count). The Morgan fingerprint density at radius 2 is 1.79 bits per heavy atom. The second-order valence-corrected chi connectivity index (χ2v) is 6.97. The van der Waals surface area contributed by atoms with Crippen molar-refractivity contribution in [3.05, 3.63) is 101 Å². The van der Waals surface area contributed by atoms with Gasteiger partial charge in [0.2, 0.25) is 0 Å². The van der Waals surface area contributed by atoms with Crippen molar-refractivity contribution in [2.75, 3.05) is 0 Å². The van der Waals surface area contributed by atoms with Gasteiger partial charge in [0.1, 0.15) is 17.6 Å². The highest BCUT2D eigenvalue weighted by atomic mass is 16.5. The van der Waals surface area contributed by atoms with Crippen LogP contribution in [-0.2, 0) is 4.79 Å². The molecule has 0 amide bonds. The molecule has 3 aromatic rings. The molecule has 0 saturated carbocycles. The van der Waals surface area contributed by atoms with Crippen LogP contribution in [0.3, 0.4) is 0 Å². The number of benzene rings is 3. The van der Waals surface area contributed by atoms with Crippen LogP contribution in [-0.4, -0.2) is 11.8 Å². The number of Topliss-reactive ketones (excluding diaryl/α,β-unsaturated/α-hetero) is 1. The molecule has 3 aromatic carbocycles. The molecule has 1 aliphatic rings. The lowest BCUT2D eigenvalue weighted by Gasteiger charge is -2.25. The molecule has 0 saturated heterocycles. The van der Waals surface area contributed by atoms with Gasteiger partial charge in [-0.15, -0.1) is 0 Å². The topological polar surface area (TPSA) is 52.6 Å². The first-order valence-electron chi connectivity index (χ1n) is 9.44. The van der Waals surface area contributed by atoms with Crippen molar-refractivity contribution in [1.29, 1.82) is 0 Å². The van der Waals surface area contributed by atoms with Crippen LogP contribution in [0.4, 0.5) is 0 Å². The molecule has 1 unspecified atom stereocenters. The van der Waals surface area contributed by atoms with Gasteiger partial charge in [-0.05, 0) is 36.3 Å². The van der Waals surface area contributed by atoms with Crippen LogP contribution in [0, 0.1) is 6.92 Å². The Morgan fingerprint density at radius 3 is 2.55 bits per heavy atom. The number of rotatable bonds is 4. The minimum atomic E-state index is -0.493. The van der Waals surface area contributed by atoms with E-state index in [1.165, 1.54) is 6.08 Å². The Bertz CT molecular complexity index is 1070. The highest BCUT2D eigenvalue weighted by Crippen LogP contribution is 2.37. The minimum Gasteiger partial charge on any atom is -0.484 e. The number of hydrogen-bond acceptors (Lipinski definition) is 4. The molecule has 1 atom stereocenters. The molecular weight excluding hydrogens is 364 g/mol. The van der Waals surface area contributed by atoms with Crippen molar-refractivity contribution in [1.82, 2.24) is 0 Å². The first-order chi connectivity index (χ1) is 14.1. The Balaban J connectivity index is 1.48. The van der Waals surface area contributed by atoms with Crippen LogP contribution < -0.4 is 9.47 Å². The number of esters is 1. The van der Waals surface area contributed by atoms with Gasteiger partial charge in [0.05, 0.1) is 12.0 Å². The number of fused-ring (bicyclic) bond motifs is 1. The number of aryl methyl sites for hydroxylation is 1. The zero-order chi connectivity index (χ0) is 20.2. The molecule has 0 aromatic heterocycles. The predicted octanol–water partition coefficient (Wildman–Crippen LogP) is 5.32. The van der Waals surface area contributed by atoms with Crippen molar-refractivity contribution in [2.24, 2.45) is 0 Å². The molecule has 0 fully saturated rings. The van der Waals surface area contributed by atoms with Crippen LogP contribution in [0.2, 0.25) is 0 Å². The zero-order valence-electron chi connectivity index (χ0n) is 16.0. The Labute approximate surface area is 169 Å². The first kappa shape index (κ1) is 18.7. The summed E-state index contributed by atoms with van der Waals surface area (Å²) in [6, 6.07) is 22.3. The van der Waals surface area contributed by atoms with Gasteiger partial charge in [-0.1, -0.05) is 60.2 Å². The van der Waals surface area contributed by atoms with Crippen molar-refractivity contribution in [3.8, 4) is 11.5 Å². The third kappa shape index (κ3) is 4.43. The maximum absolute atomic E-state index is 12.5. The van der Waals surface area contributed by atoms with E-state index in [0.717, 1.165) is 16.7 Å². The molecule has 4 nitrogen and oxygen atoms in total. The molecular formula is C25H20O4. The van der Waals surface area contributed by atoms with E-state index in [0.29, 0.717) is 17.1 Å². The fourth-order valence-electron chi connectivity index (χ4n) is 3.21. The molecule has 144 valence electrons. The normalized spacial score (nSPS) is 15.6. The SMILES string of the molecule is Cc1ccc(/C=C/C(=O)Oc2ccc3c(c2)OC(c2ccccc2)CC3=O)cc1. The van der Waals surface area contributed by atoms with Gasteiger partial charge in [-0.2, -0.15) is 0 Å². The van der Waals surface area contributed by atoms with Crippen molar-refractivity contribution < 1.29 is 19.1 Å². The molecule has 1 aliphatic heterocycles. The molecule has 0 radical (unpaired) electrons. The smallest absolute Gasteiger partial charge is 0.336 e. The summed E-state index contributed by atoms with van der Waals surface area (Å²) in [6.07, 6.45) is 3.02. The molecule has 29 heavy (non-hydrogen) atoms. The maximum Gasteiger partial charge on any atom is 0.336 e. The predicted molar refractivity (Wildman–Crippen MR) is 111 cm³/mol. The van der Waals surface area contributed by atoms with Gasteiger partial charge in [-0.3, -0.25) is 4.79 Å². The average molecular weight is 384 g/mol. The second-order valence-electron chi connectivity index (χ2n) is 6.97. The quantitative estimate of drug-likeness (QED) is 0.347. The lowest BCUT2D eigenvalue weighted by atomic mass is 9.96. The summed E-state index contributed by atoms with van der Waals surface area (Å²) in [7, 11) is 0. The van der Waals surface area contributed by atoms with Gasteiger partial charge in [0.25, 0.3) is 0 Å². The van der Waals surface area contributed by atoms with Crippen LogP contribution in [0.25, 0.3) is 6.08 Å². The number of ketones is 1. The third-order valence-corrected chi connectivity index (χ3v) is 4.77. The third-order valence-electron chi connectivity index (χ3n) is 4.77. The van der Waals surface area contributed by atoms with Gasteiger partial charge in [0.15, 0.2) is 5.78 Å². The molecule has 0 bridgehead atoms. The van der Waals surface area contributed by atoms with Gasteiger partial charge in [-0.25, -0.2) is 4.79 Å². The summed E-state index contributed by atoms with van der Waals surface area (Å²) in [6.45, 7) is 2.01. The zero-order valence-corrected chi connectivity index (χ0v) is 16.0.